The number of nitrogens with one attached hydrogen (secondary N) is 1. The molecule has 0 aliphatic heterocycles. The Hall–Kier alpha value is -1.51. The van der Waals surface area contributed by atoms with Crippen molar-refractivity contribution in [1.29, 1.82) is 5.41 Å². The minimum Gasteiger partial charge on any atom is -0.399 e. The van der Waals surface area contributed by atoms with E-state index in [1.54, 1.807) is 18.2 Å². The van der Waals surface area contributed by atoms with Gasteiger partial charge in [-0.1, -0.05) is 6.92 Å². The second kappa shape index (κ2) is 3.26. The van der Waals surface area contributed by atoms with E-state index in [1.807, 2.05) is 6.92 Å². The molecule has 0 saturated carbocycles. The summed E-state index contributed by atoms with van der Waals surface area (Å²) in [5.74, 6) is 0. The molecule has 0 heterocycles. The lowest BCUT2D eigenvalue weighted by Crippen LogP contribution is -2.03. The quantitative estimate of drug-likeness (QED) is 0.457. The fourth-order valence-electron chi connectivity index (χ4n) is 1.03. The summed E-state index contributed by atoms with van der Waals surface area (Å²) in [4.78, 5) is 0. The summed E-state index contributed by atoms with van der Waals surface area (Å²) < 4.78 is 0. The minimum absolute atomic E-state index is 0.528. The fraction of sp³-hybridized carbons (Fsp3) is 0.222. The molecule has 1 aromatic carbocycles. The molecule has 0 fully saturated rings. The van der Waals surface area contributed by atoms with Crippen molar-refractivity contribution in [1.82, 2.24) is 0 Å². The van der Waals surface area contributed by atoms with Gasteiger partial charge in [0, 0.05) is 22.6 Å². The molecule has 0 aliphatic carbocycles. The highest BCUT2D eigenvalue weighted by atomic mass is 14.6. The van der Waals surface area contributed by atoms with Gasteiger partial charge in [0.2, 0.25) is 0 Å². The van der Waals surface area contributed by atoms with Crippen LogP contribution in [0.15, 0.2) is 18.2 Å². The Morgan fingerprint density at radius 2 is 2.08 bits per heavy atom. The lowest BCUT2D eigenvalue weighted by atomic mass is 10.1. The number of benzene rings is 1. The Balaban J connectivity index is 3.13. The van der Waals surface area contributed by atoms with Crippen molar-refractivity contribution in [2.75, 3.05) is 11.5 Å². The molecule has 1 rings (SSSR count). The van der Waals surface area contributed by atoms with Crippen LogP contribution >= 0.6 is 0 Å². The molecule has 0 saturated heterocycles. The van der Waals surface area contributed by atoms with Gasteiger partial charge in [0.1, 0.15) is 0 Å². The van der Waals surface area contributed by atoms with Crippen LogP contribution in [0.4, 0.5) is 11.4 Å². The SMILES string of the molecule is CCC(=N)c1cc(N)ccc1N. The van der Waals surface area contributed by atoms with Crippen molar-refractivity contribution in [3.05, 3.63) is 23.8 Å². The zero-order valence-electron chi connectivity index (χ0n) is 7.09. The molecule has 3 nitrogen and oxygen atoms in total. The Labute approximate surface area is 71.9 Å². The first kappa shape index (κ1) is 8.59. The number of rotatable bonds is 2. The third-order valence-corrected chi connectivity index (χ3v) is 1.76. The Kier molecular flexibility index (Phi) is 2.33. The fourth-order valence-corrected chi connectivity index (χ4v) is 1.03. The van der Waals surface area contributed by atoms with Gasteiger partial charge in [0.05, 0.1) is 0 Å². The van der Waals surface area contributed by atoms with Gasteiger partial charge >= 0.3 is 0 Å². The number of anilines is 2. The van der Waals surface area contributed by atoms with Crippen molar-refractivity contribution in [3.63, 3.8) is 0 Å². The molecule has 0 aromatic heterocycles. The van der Waals surface area contributed by atoms with E-state index >= 15 is 0 Å². The molecule has 3 heteroatoms. The molecule has 0 atom stereocenters. The normalized spacial score (nSPS) is 9.75. The van der Waals surface area contributed by atoms with Gasteiger partial charge in [-0.25, -0.2) is 0 Å². The largest absolute Gasteiger partial charge is 0.399 e. The number of nitrogen functional groups attached to an aromatic ring is 2. The molecule has 1 aromatic rings. The zero-order valence-corrected chi connectivity index (χ0v) is 7.09. The standard InChI is InChI=1S/C9H13N3/c1-2-8(11)7-5-6(10)3-4-9(7)12/h3-5,11H,2,10,12H2,1H3. The summed E-state index contributed by atoms with van der Waals surface area (Å²) in [5, 5.41) is 7.58. The van der Waals surface area contributed by atoms with Crippen LogP contribution in [0.2, 0.25) is 0 Å². The molecule has 0 amide bonds. The predicted molar refractivity (Wildman–Crippen MR) is 52.4 cm³/mol. The number of hydrogen-bond donors (Lipinski definition) is 3. The van der Waals surface area contributed by atoms with Crippen molar-refractivity contribution >= 4 is 17.1 Å². The molecular formula is C9H13N3. The van der Waals surface area contributed by atoms with Gasteiger partial charge in [-0.2, -0.15) is 0 Å². The minimum atomic E-state index is 0.528. The third kappa shape index (κ3) is 1.56. The summed E-state index contributed by atoms with van der Waals surface area (Å²) in [5.41, 5.74) is 13.8. The first-order chi connectivity index (χ1) is 5.65. The van der Waals surface area contributed by atoms with Crippen molar-refractivity contribution < 1.29 is 0 Å². The van der Waals surface area contributed by atoms with E-state index in [9.17, 15) is 0 Å². The van der Waals surface area contributed by atoms with Gasteiger partial charge < -0.3 is 16.9 Å². The monoisotopic (exact) mass is 163 g/mol. The second-order valence-corrected chi connectivity index (χ2v) is 2.68. The van der Waals surface area contributed by atoms with Crippen LogP contribution in [0.3, 0.4) is 0 Å². The molecule has 0 spiro atoms. The van der Waals surface area contributed by atoms with Crippen LogP contribution in [0, 0.1) is 5.41 Å². The Morgan fingerprint density at radius 3 is 2.67 bits per heavy atom. The Bertz CT molecular complexity index is 305. The first-order valence-corrected chi connectivity index (χ1v) is 3.88. The third-order valence-electron chi connectivity index (χ3n) is 1.76. The lowest BCUT2D eigenvalue weighted by molar-refractivity contribution is 1.24. The highest BCUT2D eigenvalue weighted by Gasteiger charge is 2.03. The van der Waals surface area contributed by atoms with E-state index in [2.05, 4.69) is 0 Å². The van der Waals surface area contributed by atoms with Crippen molar-refractivity contribution in [2.24, 2.45) is 0 Å². The van der Waals surface area contributed by atoms with Gasteiger partial charge in [0.15, 0.2) is 0 Å². The highest BCUT2D eigenvalue weighted by Crippen LogP contribution is 2.16. The average Bonchev–Trinajstić information content (AvgIpc) is 2.08. The molecule has 5 N–H and O–H groups in total. The maximum Gasteiger partial charge on any atom is 0.0407 e. The summed E-state index contributed by atoms with van der Waals surface area (Å²) in [7, 11) is 0. The first-order valence-electron chi connectivity index (χ1n) is 3.88. The van der Waals surface area contributed by atoms with E-state index < -0.39 is 0 Å². The topological polar surface area (TPSA) is 75.9 Å². The summed E-state index contributed by atoms with van der Waals surface area (Å²) >= 11 is 0. The van der Waals surface area contributed by atoms with Gasteiger partial charge in [-0.3, -0.25) is 0 Å². The van der Waals surface area contributed by atoms with Gasteiger partial charge in [-0.15, -0.1) is 0 Å². The van der Waals surface area contributed by atoms with Crippen molar-refractivity contribution in [3.8, 4) is 0 Å². The predicted octanol–water partition coefficient (Wildman–Crippen LogP) is 1.63. The summed E-state index contributed by atoms with van der Waals surface area (Å²) in [6.45, 7) is 1.92. The van der Waals surface area contributed by atoms with Crippen molar-refractivity contribution in [2.45, 2.75) is 13.3 Å². The zero-order chi connectivity index (χ0) is 9.14. The molecular weight excluding hydrogens is 150 g/mol. The average molecular weight is 163 g/mol. The van der Waals surface area contributed by atoms with Crippen LogP contribution in [0.25, 0.3) is 0 Å². The maximum absolute atomic E-state index is 7.58. The van der Waals surface area contributed by atoms with E-state index in [0.29, 0.717) is 23.5 Å². The molecule has 0 radical (unpaired) electrons. The van der Waals surface area contributed by atoms with E-state index in [4.69, 9.17) is 16.9 Å². The van der Waals surface area contributed by atoms with Crippen LogP contribution < -0.4 is 11.5 Å². The maximum atomic E-state index is 7.58. The lowest BCUT2D eigenvalue weighted by Gasteiger charge is -2.05. The molecule has 0 unspecified atom stereocenters. The molecule has 64 valence electrons. The van der Waals surface area contributed by atoms with Crippen LogP contribution in [-0.2, 0) is 0 Å². The van der Waals surface area contributed by atoms with E-state index in [-0.39, 0.29) is 0 Å². The van der Waals surface area contributed by atoms with E-state index in [0.717, 1.165) is 5.56 Å². The number of nitrogens with two attached hydrogens (primary N) is 2. The molecule has 0 bridgehead atoms. The molecule has 0 aliphatic rings. The second-order valence-electron chi connectivity index (χ2n) is 2.68. The summed E-state index contributed by atoms with van der Waals surface area (Å²) in [6.07, 6.45) is 0.674. The number of hydrogen-bond acceptors (Lipinski definition) is 3. The van der Waals surface area contributed by atoms with Crippen LogP contribution in [-0.4, -0.2) is 5.71 Å². The van der Waals surface area contributed by atoms with Crippen LogP contribution in [0.1, 0.15) is 18.9 Å². The highest BCUT2D eigenvalue weighted by molar-refractivity contribution is 6.03. The Morgan fingerprint density at radius 1 is 1.42 bits per heavy atom. The van der Waals surface area contributed by atoms with Gasteiger partial charge in [0.25, 0.3) is 0 Å². The smallest absolute Gasteiger partial charge is 0.0407 e. The molecule has 12 heavy (non-hydrogen) atoms. The van der Waals surface area contributed by atoms with E-state index in [1.165, 1.54) is 0 Å². The van der Waals surface area contributed by atoms with Gasteiger partial charge in [-0.05, 0) is 24.6 Å². The van der Waals surface area contributed by atoms with Crippen LogP contribution in [0.5, 0.6) is 0 Å². The summed E-state index contributed by atoms with van der Waals surface area (Å²) in [6, 6.07) is 5.21.